The van der Waals surface area contributed by atoms with Crippen LogP contribution in [0.4, 0.5) is 13.2 Å². The molecule has 0 spiro atoms. The van der Waals surface area contributed by atoms with Gasteiger partial charge in [0.25, 0.3) is 5.91 Å². The number of imidazole rings is 1. The number of alkyl halides is 3. The zero-order chi connectivity index (χ0) is 24.3. The highest BCUT2D eigenvalue weighted by atomic mass is 19.4. The fourth-order valence-corrected chi connectivity index (χ4v) is 3.48. The number of ether oxygens (including phenoxy) is 1. The molecule has 180 valence electrons. The van der Waals surface area contributed by atoms with E-state index in [9.17, 15) is 23.1 Å². The van der Waals surface area contributed by atoms with Crippen LogP contribution in [0.15, 0.2) is 12.3 Å². The Labute approximate surface area is 187 Å². The van der Waals surface area contributed by atoms with Crippen LogP contribution in [-0.4, -0.2) is 44.8 Å². The van der Waals surface area contributed by atoms with Crippen LogP contribution in [0, 0.1) is 19.8 Å². The standard InChI is InChI=1S/C23H34F3N3O3/c1-14(2)9-11-32-17-12-15(3)13-29-19(16(4)27-20(17)29)21(30)28-18(22(5,6)31)8-7-10-23(24,25)26/h12-14,18,31H,7-11H2,1-6H3,(H,28,30). The Kier molecular flexibility index (Phi) is 8.20. The number of fused-ring (bicyclic) bond motifs is 1. The largest absolute Gasteiger partial charge is 0.490 e. The minimum Gasteiger partial charge on any atom is -0.490 e. The second kappa shape index (κ2) is 10.1. The molecule has 0 aromatic carbocycles. The third-order valence-corrected chi connectivity index (χ3v) is 5.28. The van der Waals surface area contributed by atoms with Gasteiger partial charge >= 0.3 is 6.18 Å². The summed E-state index contributed by atoms with van der Waals surface area (Å²) in [5.41, 5.74) is 0.706. The van der Waals surface area contributed by atoms with Gasteiger partial charge in [-0.05, 0) is 64.5 Å². The van der Waals surface area contributed by atoms with Gasteiger partial charge in [-0.25, -0.2) is 4.98 Å². The lowest BCUT2D eigenvalue weighted by atomic mass is 9.93. The van der Waals surface area contributed by atoms with E-state index in [1.54, 1.807) is 17.5 Å². The van der Waals surface area contributed by atoms with Gasteiger partial charge in [-0.3, -0.25) is 9.20 Å². The molecule has 0 aliphatic carbocycles. The van der Waals surface area contributed by atoms with Crippen LogP contribution in [-0.2, 0) is 0 Å². The van der Waals surface area contributed by atoms with Gasteiger partial charge in [0.15, 0.2) is 11.4 Å². The number of carbonyl (C=O) groups excluding carboxylic acids is 1. The van der Waals surface area contributed by atoms with Crippen LogP contribution < -0.4 is 10.1 Å². The first kappa shape index (κ1) is 26.0. The van der Waals surface area contributed by atoms with Crippen molar-refractivity contribution in [1.29, 1.82) is 0 Å². The van der Waals surface area contributed by atoms with E-state index in [-0.39, 0.29) is 18.5 Å². The molecule has 0 saturated heterocycles. The summed E-state index contributed by atoms with van der Waals surface area (Å²) in [6.45, 7) is 11.2. The molecule has 0 aliphatic heterocycles. The van der Waals surface area contributed by atoms with Crippen molar-refractivity contribution in [3.63, 3.8) is 0 Å². The molecule has 0 radical (unpaired) electrons. The lowest BCUT2D eigenvalue weighted by Gasteiger charge is -2.30. The van der Waals surface area contributed by atoms with Gasteiger partial charge in [0.2, 0.25) is 0 Å². The topological polar surface area (TPSA) is 75.9 Å². The Bertz CT molecular complexity index is 930. The van der Waals surface area contributed by atoms with Crippen LogP contribution in [0.1, 0.15) is 75.1 Å². The van der Waals surface area contributed by atoms with E-state index in [0.29, 0.717) is 29.6 Å². The number of halogens is 3. The van der Waals surface area contributed by atoms with Gasteiger partial charge in [-0.15, -0.1) is 0 Å². The fourth-order valence-electron chi connectivity index (χ4n) is 3.48. The molecule has 2 rings (SSSR count). The summed E-state index contributed by atoms with van der Waals surface area (Å²) >= 11 is 0. The zero-order valence-corrected chi connectivity index (χ0v) is 19.6. The fraction of sp³-hybridized carbons (Fsp3) is 0.652. The van der Waals surface area contributed by atoms with Gasteiger partial charge in [0, 0.05) is 12.6 Å². The molecule has 0 saturated carbocycles. The maximum Gasteiger partial charge on any atom is 0.389 e. The first-order valence-corrected chi connectivity index (χ1v) is 10.9. The predicted molar refractivity (Wildman–Crippen MR) is 117 cm³/mol. The van der Waals surface area contributed by atoms with Gasteiger partial charge in [0.1, 0.15) is 5.69 Å². The van der Waals surface area contributed by atoms with Crippen molar-refractivity contribution in [3.8, 4) is 5.75 Å². The predicted octanol–water partition coefficient (Wildman–Crippen LogP) is 4.98. The number of nitrogens with one attached hydrogen (secondary N) is 1. The van der Waals surface area contributed by atoms with E-state index in [2.05, 4.69) is 24.1 Å². The minimum atomic E-state index is -4.28. The maximum absolute atomic E-state index is 13.1. The Morgan fingerprint density at radius 3 is 2.47 bits per heavy atom. The summed E-state index contributed by atoms with van der Waals surface area (Å²) in [6, 6.07) is 1.01. The van der Waals surface area contributed by atoms with E-state index < -0.39 is 30.1 Å². The van der Waals surface area contributed by atoms with E-state index in [4.69, 9.17) is 4.74 Å². The second-order valence-electron chi connectivity index (χ2n) is 9.34. The van der Waals surface area contributed by atoms with Crippen molar-refractivity contribution in [1.82, 2.24) is 14.7 Å². The molecule has 32 heavy (non-hydrogen) atoms. The molecular weight excluding hydrogens is 423 g/mol. The van der Waals surface area contributed by atoms with Crippen molar-refractivity contribution in [2.75, 3.05) is 6.61 Å². The second-order valence-corrected chi connectivity index (χ2v) is 9.34. The first-order valence-electron chi connectivity index (χ1n) is 10.9. The van der Waals surface area contributed by atoms with Crippen LogP contribution in [0.3, 0.4) is 0 Å². The Hall–Kier alpha value is -2.29. The molecule has 1 unspecified atom stereocenters. The number of hydrogen-bond donors (Lipinski definition) is 2. The van der Waals surface area contributed by atoms with Crippen molar-refractivity contribution >= 4 is 11.6 Å². The molecule has 2 aromatic rings. The number of hydrogen-bond acceptors (Lipinski definition) is 4. The first-order chi connectivity index (χ1) is 14.7. The third-order valence-electron chi connectivity index (χ3n) is 5.28. The van der Waals surface area contributed by atoms with E-state index in [1.807, 2.05) is 13.0 Å². The van der Waals surface area contributed by atoms with Crippen molar-refractivity contribution in [2.24, 2.45) is 5.92 Å². The third kappa shape index (κ3) is 7.12. The Balaban J connectivity index is 2.29. The highest BCUT2D eigenvalue weighted by molar-refractivity contribution is 5.95. The van der Waals surface area contributed by atoms with Crippen LogP contribution in [0.25, 0.3) is 5.65 Å². The molecule has 1 atom stereocenters. The molecule has 2 heterocycles. The van der Waals surface area contributed by atoms with E-state index in [0.717, 1.165) is 12.0 Å². The zero-order valence-electron chi connectivity index (χ0n) is 19.6. The van der Waals surface area contributed by atoms with Gasteiger partial charge in [-0.2, -0.15) is 13.2 Å². The van der Waals surface area contributed by atoms with E-state index >= 15 is 0 Å². The SMILES string of the molecule is Cc1cc(OCCC(C)C)c2nc(C)c(C(=O)NC(CCCC(F)(F)F)C(C)(C)O)n2c1. The highest BCUT2D eigenvalue weighted by Crippen LogP contribution is 2.27. The highest BCUT2D eigenvalue weighted by Gasteiger charge is 2.32. The number of nitrogens with zero attached hydrogens (tertiary/aromatic N) is 2. The molecule has 0 fully saturated rings. The number of pyridine rings is 1. The number of aromatic nitrogens is 2. The van der Waals surface area contributed by atoms with Gasteiger partial charge in [0.05, 0.1) is 23.9 Å². The number of aliphatic hydroxyl groups is 1. The number of rotatable bonds is 10. The summed E-state index contributed by atoms with van der Waals surface area (Å²) < 4.78 is 45.2. The number of carbonyl (C=O) groups is 1. The van der Waals surface area contributed by atoms with Crippen molar-refractivity contribution < 1.29 is 27.8 Å². The van der Waals surface area contributed by atoms with E-state index in [1.165, 1.54) is 13.8 Å². The average Bonchev–Trinajstić information content (AvgIpc) is 2.94. The summed E-state index contributed by atoms with van der Waals surface area (Å²) in [4.78, 5) is 17.6. The van der Waals surface area contributed by atoms with Crippen LogP contribution >= 0.6 is 0 Å². The van der Waals surface area contributed by atoms with Gasteiger partial charge in [-0.1, -0.05) is 13.8 Å². The molecule has 0 aliphatic rings. The molecule has 6 nitrogen and oxygen atoms in total. The number of amides is 1. The molecular formula is C23H34F3N3O3. The smallest absolute Gasteiger partial charge is 0.389 e. The summed E-state index contributed by atoms with van der Waals surface area (Å²) in [7, 11) is 0. The maximum atomic E-state index is 13.1. The minimum absolute atomic E-state index is 0.00682. The monoisotopic (exact) mass is 457 g/mol. The van der Waals surface area contributed by atoms with Gasteiger partial charge < -0.3 is 15.2 Å². The lowest BCUT2D eigenvalue weighted by Crippen LogP contribution is -2.49. The molecule has 0 bridgehead atoms. The summed E-state index contributed by atoms with van der Waals surface area (Å²) in [5.74, 6) is 0.541. The Morgan fingerprint density at radius 2 is 1.91 bits per heavy atom. The summed E-state index contributed by atoms with van der Waals surface area (Å²) in [5, 5.41) is 13.1. The molecule has 2 aromatic heterocycles. The lowest BCUT2D eigenvalue weighted by molar-refractivity contribution is -0.136. The molecule has 2 N–H and O–H groups in total. The number of aryl methyl sites for hydroxylation is 2. The van der Waals surface area contributed by atoms with Crippen molar-refractivity contribution in [3.05, 3.63) is 29.2 Å². The van der Waals surface area contributed by atoms with Crippen LogP contribution in [0.5, 0.6) is 5.75 Å². The molecule has 1 amide bonds. The average molecular weight is 458 g/mol. The van der Waals surface area contributed by atoms with Crippen LogP contribution in [0.2, 0.25) is 0 Å². The normalized spacial score (nSPS) is 13.6. The Morgan fingerprint density at radius 1 is 1.25 bits per heavy atom. The quantitative estimate of drug-likeness (QED) is 0.528. The summed E-state index contributed by atoms with van der Waals surface area (Å²) in [6.07, 6.45) is -2.82. The molecule has 9 heteroatoms. The van der Waals surface area contributed by atoms with Crippen molar-refractivity contribution in [2.45, 2.75) is 85.0 Å².